The summed E-state index contributed by atoms with van der Waals surface area (Å²) in [5.74, 6) is 1.52. The first-order chi connectivity index (χ1) is 13.7. The van der Waals surface area contributed by atoms with Gasteiger partial charge in [-0.05, 0) is 73.7 Å². The van der Waals surface area contributed by atoms with E-state index in [-0.39, 0.29) is 0 Å². The number of hydrogen-bond donors (Lipinski definition) is 1. The summed E-state index contributed by atoms with van der Waals surface area (Å²) in [5.41, 5.74) is 1.76. The summed E-state index contributed by atoms with van der Waals surface area (Å²) in [4.78, 5) is 3.72. The van der Waals surface area contributed by atoms with Crippen molar-refractivity contribution in [3.63, 3.8) is 0 Å². The van der Waals surface area contributed by atoms with Crippen LogP contribution < -0.4 is 4.74 Å². The van der Waals surface area contributed by atoms with E-state index in [4.69, 9.17) is 26.7 Å². The van der Waals surface area contributed by atoms with E-state index in [1.165, 1.54) is 11.3 Å². The zero-order chi connectivity index (χ0) is 20.4. The van der Waals surface area contributed by atoms with Gasteiger partial charge in [-0.1, -0.05) is 11.6 Å². The van der Waals surface area contributed by atoms with Crippen molar-refractivity contribution in [1.82, 2.24) is 4.90 Å². The third-order valence-electron chi connectivity index (χ3n) is 4.72. The predicted octanol–water partition coefficient (Wildman–Crippen LogP) is 4.49. The van der Waals surface area contributed by atoms with Gasteiger partial charge in [-0.15, -0.1) is 11.8 Å². The Morgan fingerprint density at radius 2 is 2.00 bits per heavy atom. The molecule has 1 aliphatic heterocycles. The van der Waals surface area contributed by atoms with Crippen LogP contribution in [0.4, 0.5) is 0 Å². The summed E-state index contributed by atoms with van der Waals surface area (Å²) in [6, 6.07) is 16.1. The number of ether oxygens (including phenoxy) is 1. The van der Waals surface area contributed by atoms with Crippen molar-refractivity contribution in [2.45, 2.75) is 17.7 Å². The highest BCUT2D eigenvalue weighted by Gasteiger charge is 2.22. The van der Waals surface area contributed by atoms with Crippen LogP contribution >= 0.6 is 23.4 Å². The number of aliphatic hydroxyl groups is 1. The second kappa shape index (κ2) is 12.0. The topological polar surface area (TPSA) is 56.5 Å². The molecule has 1 fully saturated rings. The van der Waals surface area contributed by atoms with Gasteiger partial charge in [-0.3, -0.25) is 0 Å². The first-order valence-electron chi connectivity index (χ1n) is 9.30. The fourth-order valence-electron chi connectivity index (χ4n) is 3.28. The van der Waals surface area contributed by atoms with E-state index >= 15 is 0 Å². The lowest BCUT2D eigenvalue weighted by molar-refractivity contribution is 0.241. The molecule has 1 saturated heterocycles. The van der Waals surface area contributed by atoms with Crippen LogP contribution in [-0.2, 0) is 6.42 Å². The van der Waals surface area contributed by atoms with Crippen LogP contribution in [0.1, 0.15) is 17.5 Å². The minimum absolute atomic E-state index is 0.573. The molecule has 1 aliphatic rings. The summed E-state index contributed by atoms with van der Waals surface area (Å²) >= 11 is 7.82. The molecule has 1 unspecified atom stereocenters. The molecule has 3 rings (SSSR count). The monoisotopic (exact) mass is 418 g/mol. The van der Waals surface area contributed by atoms with E-state index in [0.717, 1.165) is 51.1 Å². The molecule has 0 amide bonds. The van der Waals surface area contributed by atoms with Crippen LogP contribution in [0.3, 0.4) is 0 Å². The van der Waals surface area contributed by atoms with E-state index in [1.54, 1.807) is 17.8 Å². The Hall–Kier alpha value is -1.71. The highest BCUT2D eigenvalue weighted by atomic mass is 35.5. The molecule has 1 atom stereocenters. The van der Waals surface area contributed by atoms with Crippen molar-refractivity contribution in [3.05, 3.63) is 58.6 Å². The fraction of sp³-hybridized carbons (Fsp3) is 0.409. The Kier molecular flexibility index (Phi) is 9.66. The lowest BCUT2D eigenvalue weighted by Crippen LogP contribution is -2.24. The van der Waals surface area contributed by atoms with E-state index in [9.17, 15) is 0 Å². The molecule has 28 heavy (non-hydrogen) atoms. The maximum atomic E-state index is 9.05. The molecule has 0 aliphatic carbocycles. The maximum Gasteiger partial charge on any atom is 0.119 e. The number of thioether (sulfide) groups is 1. The molecule has 1 N–H and O–H groups in total. The van der Waals surface area contributed by atoms with Crippen molar-refractivity contribution >= 4 is 23.4 Å². The molecule has 6 heteroatoms. The number of aliphatic hydroxyl groups excluding tert-OH is 1. The zero-order valence-electron chi connectivity index (χ0n) is 16.4. The largest absolute Gasteiger partial charge is 0.493 e. The van der Waals surface area contributed by atoms with Crippen LogP contribution in [-0.4, -0.2) is 49.6 Å². The molecule has 0 spiro atoms. The normalized spacial score (nSPS) is 16.2. The van der Waals surface area contributed by atoms with Gasteiger partial charge in [-0.25, -0.2) is 0 Å². The van der Waals surface area contributed by atoms with Gasteiger partial charge in [0.15, 0.2) is 0 Å². The van der Waals surface area contributed by atoms with Crippen molar-refractivity contribution in [2.24, 2.45) is 5.92 Å². The molecule has 2 aromatic carbocycles. The molecular weight excluding hydrogens is 392 g/mol. The molecule has 0 aromatic heterocycles. The highest BCUT2D eigenvalue weighted by Crippen LogP contribution is 2.22. The zero-order valence-corrected chi connectivity index (χ0v) is 18.0. The Labute approximate surface area is 177 Å². The molecule has 0 saturated carbocycles. The average Bonchev–Trinajstić information content (AvgIpc) is 3.20. The first kappa shape index (κ1) is 22.6. The van der Waals surface area contributed by atoms with Crippen molar-refractivity contribution in [2.75, 3.05) is 39.6 Å². The number of nitriles is 1. The molecule has 0 bridgehead atoms. The number of rotatable bonds is 7. The van der Waals surface area contributed by atoms with Gasteiger partial charge in [-0.2, -0.15) is 5.26 Å². The van der Waals surface area contributed by atoms with E-state index in [0.29, 0.717) is 16.5 Å². The lowest BCUT2D eigenvalue weighted by Gasteiger charge is -2.16. The van der Waals surface area contributed by atoms with E-state index < -0.39 is 0 Å². The van der Waals surface area contributed by atoms with Gasteiger partial charge in [0, 0.05) is 36.0 Å². The summed E-state index contributed by atoms with van der Waals surface area (Å²) in [7, 11) is 1.00. The third-order valence-corrected chi connectivity index (χ3v) is 5.68. The van der Waals surface area contributed by atoms with Gasteiger partial charge >= 0.3 is 0 Å². The predicted molar refractivity (Wildman–Crippen MR) is 116 cm³/mol. The smallest absolute Gasteiger partial charge is 0.119 e. The molecule has 2 aromatic rings. The highest BCUT2D eigenvalue weighted by molar-refractivity contribution is 7.98. The minimum atomic E-state index is 0.573. The van der Waals surface area contributed by atoms with Gasteiger partial charge in [0.05, 0.1) is 18.2 Å². The summed E-state index contributed by atoms with van der Waals surface area (Å²) in [5, 5.41) is 16.7. The number of hydrogen-bond acceptors (Lipinski definition) is 5. The van der Waals surface area contributed by atoms with Gasteiger partial charge in [0.1, 0.15) is 5.75 Å². The van der Waals surface area contributed by atoms with Crippen molar-refractivity contribution in [3.8, 4) is 11.8 Å². The van der Waals surface area contributed by atoms with Crippen LogP contribution in [0, 0.1) is 17.2 Å². The van der Waals surface area contributed by atoms with Crippen molar-refractivity contribution < 1.29 is 9.84 Å². The molecule has 1 heterocycles. The van der Waals surface area contributed by atoms with E-state index in [2.05, 4.69) is 29.4 Å². The number of nitrogens with zero attached hydrogens (tertiary/aromatic N) is 2. The number of halogens is 1. The quantitative estimate of drug-likeness (QED) is 0.671. The van der Waals surface area contributed by atoms with Crippen LogP contribution in [0.25, 0.3) is 0 Å². The second-order valence-corrected chi connectivity index (χ2v) is 7.97. The minimum Gasteiger partial charge on any atom is -0.493 e. The van der Waals surface area contributed by atoms with Crippen LogP contribution in [0.15, 0.2) is 47.4 Å². The number of benzene rings is 2. The first-order valence-corrected chi connectivity index (χ1v) is 10.9. The molecule has 150 valence electrons. The molecule has 0 radical (unpaired) electrons. The van der Waals surface area contributed by atoms with Crippen LogP contribution in [0.2, 0.25) is 5.02 Å². The summed E-state index contributed by atoms with van der Waals surface area (Å²) < 4.78 is 5.96. The Bertz CT molecular complexity index is 777. The SMILES string of the molecule is CO.CSc1ccc(OCC2CCN(CCc3cc(Cl)cc(C#N)c3)C2)cc1. The third kappa shape index (κ3) is 7.03. The molecule has 4 nitrogen and oxygen atoms in total. The van der Waals surface area contributed by atoms with E-state index in [1.807, 2.05) is 24.3 Å². The average molecular weight is 419 g/mol. The Balaban J connectivity index is 0.00000136. The Morgan fingerprint density at radius 3 is 2.68 bits per heavy atom. The lowest BCUT2D eigenvalue weighted by atomic mass is 10.1. The second-order valence-electron chi connectivity index (χ2n) is 6.65. The maximum absolute atomic E-state index is 9.05. The van der Waals surface area contributed by atoms with Crippen LogP contribution in [0.5, 0.6) is 5.75 Å². The summed E-state index contributed by atoms with van der Waals surface area (Å²) in [6.07, 6.45) is 4.16. The van der Waals surface area contributed by atoms with Gasteiger partial charge in [0.25, 0.3) is 0 Å². The fourth-order valence-corrected chi connectivity index (χ4v) is 3.95. The Morgan fingerprint density at radius 1 is 1.25 bits per heavy atom. The van der Waals surface area contributed by atoms with Gasteiger partial charge < -0.3 is 14.7 Å². The van der Waals surface area contributed by atoms with Gasteiger partial charge in [0.2, 0.25) is 0 Å². The summed E-state index contributed by atoms with van der Waals surface area (Å²) in [6.45, 7) is 3.93. The molecular formula is C22H27ClN2O2S. The number of likely N-dealkylation sites (tertiary alicyclic amines) is 1. The van der Waals surface area contributed by atoms with Crippen molar-refractivity contribution in [1.29, 1.82) is 5.26 Å². The standard InChI is InChI=1S/C21H23ClN2OS.CH4O/c1-26-21-4-2-20(3-5-21)25-15-17-7-9-24(14-17)8-6-16-10-18(13-23)12-19(22)11-16;1-2/h2-5,10-12,17H,6-9,14-15H2,1H3;2H,1H3.